The first kappa shape index (κ1) is 16.1. The molecule has 0 radical (unpaired) electrons. The van der Waals surface area contributed by atoms with E-state index in [1.165, 1.54) is 10.8 Å². The Balaban J connectivity index is 1.64. The third-order valence-electron chi connectivity index (χ3n) is 4.09. The van der Waals surface area contributed by atoms with Gasteiger partial charge in [0.15, 0.2) is 0 Å². The van der Waals surface area contributed by atoms with Crippen molar-refractivity contribution in [1.29, 1.82) is 0 Å². The van der Waals surface area contributed by atoms with Gasteiger partial charge in [0.2, 0.25) is 0 Å². The average Bonchev–Trinajstić information content (AvgIpc) is 3.06. The van der Waals surface area contributed by atoms with E-state index in [1.54, 1.807) is 35.6 Å². The van der Waals surface area contributed by atoms with E-state index in [-0.39, 0.29) is 11.3 Å². The molecule has 128 valence electrons. The molecule has 4 N–H and O–H groups in total. The molecule has 2 aromatic carbocycles. The van der Waals surface area contributed by atoms with Gasteiger partial charge in [-0.05, 0) is 35.7 Å². The van der Waals surface area contributed by atoms with E-state index in [1.807, 2.05) is 18.2 Å². The maximum atomic E-state index is 12.3. The molecule has 0 spiro atoms. The van der Waals surface area contributed by atoms with Crippen molar-refractivity contribution in [3.8, 4) is 16.9 Å². The number of carbonyl (C=O) groups is 1. The van der Waals surface area contributed by atoms with Crippen molar-refractivity contribution in [3.63, 3.8) is 0 Å². The number of phenols is 1. The van der Waals surface area contributed by atoms with Crippen LogP contribution in [0.1, 0.15) is 10.4 Å². The average molecular weight is 361 g/mol. The number of thiophene rings is 1. The number of hydrogen-bond donors (Lipinski definition) is 3. The van der Waals surface area contributed by atoms with Crippen LogP contribution in [-0.4, -0.2) is 16.0 Å². The molecule has 0 saturated carbocycles. The Morgan fingerprint density at radius 3 is 2.58 bits per heavy atom. The number of phenolic OH excluding ortho intramolecular Hbond substituents is 1. The van der Waals surface area contributed by atoms with Crippen LogP contribution >= 0.6 is 11.3 Å². The molecular formula is C20H15N3O2S. The number of carbonyl (C=O) groups excluding carboxylic acids is 1. The summed E-state index contributed by atoms with van der Waals surface area (Å²) < 4.78 is 1.18. The monoisotopic (exact) mass is 361 g/mol. The smallest absolute Gasteiger partial charge is 0.260 e. The van der Waals surface area contributed by atoms with E-state index < -0.39 is 5.91 Å². The van der Waals surface area contributed by atoms with Crippen LogP contribution in [0.5, 0.6) is 5.75 Å². The number of nitrogens with two attached hydrogens (primary N) is 1. The lowest BCUT2D eigenvalue weighted by atomic mass is 10.1. The zero-order valence-corrected chi connectivity index (χ0v) is 14.5. The first-order valence-corrected chi connectivity index (χ1v) is 8.84. The summed E-state index contributed by atoms with van der Waals surface area (Å²) >= 11 is 1.65. The highest BCUT2D eigenvalue weighted by Crippen LogP contribution is 2.36. The number of hydrogen-bond acceptors (Lipinski definition) is 5. The van der Waals surface area contributed by atoms with Crippen molar-refractivity contribution < 1.29 is 9.90 Å². The predicted octanol–water partition coefficient (Wildman–Crippen LogP) is 4.50. The van der Waals surface area contributed by atoms with Gasteiger partial charge in [-0.1, -0.05) is 30.3 Å². The minimum absolute atomic E-state index is 0.0839. The maximum absolute atomic E-state index is 12.3. The van der Waals surface area contributed by atoms with Gasteiger partial charge in [0.25, 0.3) is 5.91 Å². The van der Waals surface area contributed by atoms with Gasteiger partial charge in [0.1, 0.15) is 17.4 Å². The zero-order chi connectivity index (χ0) is 18.1. The third-order valence-corrected chi connectivity index (χ3v) is 5.05. The summed E-state index contributed by atoms with van der Waals surface area (Å²) in [6.45, 7) is 0. The van der Waals surface area contributed by atoms with Crippen LogP contribution in [0.4, 0.5) is 11.6 Å². The number of aromatic hydroxyl groups is 1. The molecule has 6 heteroatoms. The van der Waals surface area contributed by atoms with Crippen LogP contribution in [0.25, 0.3) is 21.2 Å². The van der Waals surface area contributed by atoms with E-state index >= 15 is 0 Å². The first-order valence-electron chi connectivity index (χ1n) is 7.96. The Bertz CT molecular complexity index is 1120. The van der Waals surface area contributed by atoms with Gasteiger partial charge in [-0.3, -0.25) is 4.79 Å². The van der Waals surface area contributed by atoms with Gasteiger partial charge in [0.05, 0.1) is 5.56 Å². The second-order valence-corrected chi connectivity index (χ2v) is 6.66. The Kier molecular flexibility index (Phi) is 4.02. The summed E-state index contributed by atoms with van der Waals surface area (Å²) in [7, 11) is 0. The molecule has 4 aromatic rings. The van der Waals surface area contributed by atoms with Crippen molar-refractivity contribution in [2.24, 2.45) is 0 Å². The fraction of sp³-hybridized carbons (Fsp3) is 0. The lowest BCUT2D eigenvalue weighted by Crippen LogP contribution is -2.13. The molecule has 0 atom stereocenters. The predicted molar refractivity (Wildman–Crippen MR) is 106 cm³/mol. The third kappa shape index (κ3) is 2.87. The van der Waals surface area contributed by atoms with Gasteiger partial charge < -0.3 is 16.2 Å². The zero-order valence-electron chi connectivity index (χ0n) is 13.6. The standard InChI is InChI=1S/C20H15N3O2S/c21-19-13(15-11-26-17-8-4-2-5-12(15)17)9-10-18(22-19)23-20(25)14-6-1-3-7-16(14)24/h1-11,24H,(H3,21,22,23,25). The second-order valence-electron chi connectivity index (χ2n) is 5.75. The maximum Gasteiger partial charge on any atom is 0.260 e. The number of nitrogens with one attached hydrogen (secondary N) is 1. The van der Waals surface area contributed by atoms with Crippen molar-refractivity contribution in [3.05, 3.63) is 71.6 Å². The van der Waals surface area contributed by atoms with E-state index in [4.69, 9.17) is 5.73 Å². The highest BCUT2D eigenvalue weighted by Gasteiger charge is 2.14. The largest absolute Gasteiger partial charge is 0.507 e. The molecule has 0 aliphatic heterocycles. The molecule has 1 amide bonds. The minimum Gasteiger partial charge on any atom is -0.507 e. The van der Waals surface area contributed by atoms with Crippen LogP contribution in [0, 0.1) is 0 Å². The highest BCUT2D eigenvalue weighted by molar-refractivity contribution is 7.17. The van der Waals surface area contributed by atoms with Crippen molar-refractivity contribution in [2.45, 2.75) is 0 Å². The number of anilines is 2. The molecule has 0 aliphatic rings. The number of nitrogens with zero attached hydrogens (tertiary/aromatic N) is 1. The molecule has 4 rings (SSSR count). The van der Waals surface area contributed by atoms with E-state index in [9.17, 15) is 9.90 Å². The summed E-state index contributed by atoms with van der Waals surface area (Å²) in [5, 5.41) is 15.6. The molecule has 5 nitrogen and oxygen atoms in total. The summed E-state index contributed by atoms with van der Waals surface area (Å²) in [6, 6.07) is 18.0. The van der Waals surface area contributed by atoms with Crippen LogP contribution in [0.15, 0.2) is 66.0 Å². The molecule has 2 aromatic heterocycles. The Hall–Kier alpha value is -3.38. The number of aromatic nitrogens is 1. The molecule has 0 aliphatic carbocycles. The van der Waals surface area contributed by atoms with Crippen molar-refractivity contribution in [2.75, 3.05) is 11.1 Å². The first-order chi connectivity index (χ1) is 12.6. The van der Waals surface area contributed by atoms with Gasteiger partial charge >= 0.3 is 0 Å². The van der Waals surface area contributed by atoms with Crippen LogP contribution in [0.2, 0.25) is 0 Å². The van der Waals surface area contributed by atoms with E-state index in [2.05, 4.69) is 27.8 Å². The Morgan fingerprint density at radius 2 is 1.77 bits per heavy atom. The number of fused-ring (bicyclic) bond motifs is 1. The minimum atomic E-state index is -0.441. The van der Waals surface area contributed by atoms with Crippen LogP contribution < -0.4 is 11.1 Å². The van der Waals surface area contributed by atoms with Gasteiger partial charge in [-0.15, -0.1) is 11.3 Å². The van der Waals surface area contributed by atoms with Crippen molar-refractivity contribution in [1.82, 2.24) is 4.98 Å². The fourth-order valence-corrected chi connectivity index (χ4v) is 3.77. The normalized spacial score (nSPS) is 10.8. The number of benzene rings is 2. The highest BCUT2D eigenvalue weighted by atomic mass is 32.1. The molecule has 2 heterocycles. The van der Waals surface area contributed by atoms with E-state index in [0.29, 0.717) is 11.6 Å². The topological polar surface area (TPSA) is 88.2 Å². The molecule has 0 fully saturated rings. The molecule has 0 saturated heterocycles. The van der Waals surface area contributed by atoms with Crippen molar-refractivity contribution >= 4 is 39.0 Å². The summed E-state index contributed by atoms with van der Waals surface area (Å²) in [4.78, 5) is 16.6. The molecular weight excluding hydrogens is 346 g/mol. The van der Waals surface area contributed by atoms with Crippen LogP contribution in [-0.2, 0) is 0 Å². The van der Waals surface area contributed by atoms with E-state index in [0.717, 1.165) is 16.5 Å². The number of pyridine rings is 1. The van der Waals surface area contributed by atoms with Gasteiger partial charge in [-0.25, -0.2) is 4.98 Å². The fourth-order valence-electron chi connectivity index (χ4n) is 2.81. The number of para-hydroxylation sites is 1. The number of nitrogen functional groups attached to an aromatic ring is 1. The molecule has 0 unspecified atom stereocenters. The molecule has 0 bridgehead atoms. The van der Waals surface area contributed by atoms with Crippen LogP contribution in [0.3, 0.4) is 0 Å². The summed E-state index contributed by atoms with van der Waals surface area (Å²) in [5.74, 6) is 0.144. The second kappa shape index (κ2) is 6.50. The van der Waals surface area contributed by atoms with Gasteiger partial charge in [0, 0.05) is 21.2 Å². The molecule has 26 heavy (non-hydrogen) atoms. The van der Waals surface area contributed by atoms with Gasteiger partial charge in [-0.2, -0.15) is 0 Å². The Labute approximate surface area is 153 Å². The Morgan fingerprint density at radius 1 is 1.00 bits per heavy atom. The summed E-state index contributed by atoms with van der Waals surface area (Å²) in [6.07, 6.45) is 0. The lowest BCUT2D eigenvalue weighted by Gasteiger charge is -2.09. The summed E-state index contributed by atoms with van der Waals surface area (Å²) in [5.41, 5.74) is 8.17. The lowest BCUT2D eigenvalue weighted by molar-refractivity contribution is 0.102. The quantitative estimate of drug-likeness (QED) is 0.501. The SMILES string of the molecule is Nc1nc(NC(=O)c2ccccc2O)ccc1-c1csc2ccccc12. The number of amides is 1. The number of rotatable bonds is 3.